The molecule has 0 bridgehead atoms. The summed E-state index contributed by atoms with van der Waals surface area (Å²) >= 11 is 2.16. The highest BCUT2D eigenvalue weighted by Gasteiger charge is 2.29. The van der Waals surface area contributed by atoms with Crippen molar-refractivity contribution < 1.29 is 14.4 Å². The van der Waals surface area contributed by atoms with Gasteiger partial charge in [0.05, 0.1) is 0 Å². The van der Waals surface area contributed by atoms with Crippen molar-refractivity contribution in [3.05, 3.63) is 62.7 Å². The molecule has 1 fully saturated rings. The molecule has 3 rings (SSSR count). The van der Waals surface area contributed by atoms with E-state index in [1.165, 1.54) is 0 Å². The summed E-state index contributed by atoms with van der Waals surface area (Å²) in [4.78, 5) is 36.0. The van der Waals surface area contributed by atoms with E-state index < -0.39 is 5.91 Å². The van der Waals surface area contributed by atoms with Crippen LogP contribution in [0.2, 0.25) is 0 Å². The van der Waals surface area contributed by atoms with Gasteiger partial charge in [-0.15, -0.1) is 0 Å². The van der Waals surface area contributed by atoms with Crippen LogP contribution in [0, 0.1) is 16.4 Å². The third-order valence-corrected chi connectivity index (χ3v) is 5.25. The first-order valence-electron chi connectivity index (χ1n) is 8.22. The Morgan fingerprint density at radius 3 is 2.08 bits per heavy atom. The van der Waals surface area contributed by atoms with Crippen LogP contribution < -0.4 is 16.2 Å². The molecule has 0 saturated heterocycles. The van der Waals surface area contributed by atoms with E-state index in [0.717, 1.165) is 22.0 Å². The number of carbonyl (C=O) groups is 3. The largest absolute Gasteiger partial charge is 0.326 e. The third kappa shape index (κ3) is 4.60. The molecule has 3 N–H and O–H groups in total. The first kappa shape index (κ1) is 18.4. The maximum absolute atomic E-state index is 12.1. The number of hydrogen-bond donors (Lipinski definition) is 3. The van der Waals surface area contributed by atoms with Crippen molar-refractivity contribution >= 4 is 46.0 Å². The average molecular weight is 463 g/mol. The first-order valence-corrected chi connectivity index (χ1v) is 9.29. The van der Waals surface area contributed by atoms with E-state index in [4.69, 9.17) is 0 Å². The third-order valence-electron chi connectivity index (χ3n) is 4.09. The van der Waals surface area contributed by atoms with Gasteiger partial charge >= 0.3 is 0 Å². The Bertz CT molecular complexity index is 861. The standard InChI is InChI=1S/C19H18IN3O3/c1-11-2-3-14(10-16(11)20)19(26)23-22-18(25)13-6-8-15(9-7-13)21-17(24)12-4-5-12/h2-3,6-10,12H,4-5H2,1H3,(H,21,24)(H,22,25)(H,23,26). The highest BCUT2D eigenvalue weighted by Crippen LogP contribution is 2.30. The van der Waals surface area contributed by atoms with E-state index in [0.29, 0.717) is 16.8 Å². The molecule has 7 heteroatoms. The minimum absolute atomic E-state index is 0.0159. The molecule has 0 atom stereocenters. The lowest BCUT2D eigenvalue weighted by Gasteiger charge is -2.09. The van der Waals surface area contributed by atoms with Crippen LogP contribution >= 0.6 is 22.6 Å². The molecule has 6 nitrogen and oxygen atoms in total. The maximum Gasteiger partial charge on any atom is 0.269 e. The number of hydrazine groups is 1. The zero-order valence-corrected chi connectivity index (χ0v) is 16.3. The van der Waals surface area contributed by atoms with Gasteiger partial charge in [0.25, 0.3) is 11.8 Å². The van der Waals surface area contributed by atoms with Crippen molar-refractivity contribution in [3.63, 3.8) is 0 Å². The van der Waals surface area contributed by atoms with Gasteiger partial charge in [0.15, 0.2) is 0 Å². The highest BCUT2D eigenvalue weighted by molar-refractivity contribution is 14.1. The average Bonchev–Trinajstić information content (AvgIpc) is 3.47. The zero-order chi connectivity index (χ0) is 18.7. The Morgan fingerprint density at radius 2 is 1.50 bits per heavy atom. The summed E-state index contributed by atoms with van der Waals surface area (Å²) in [5, 5.41) is 2.81. The lowest BCUT2D eigenvalue weighted by molar-refractivity contribution is -0.117. The van der Waals surface area contributed by atoms with Crippen molar-refractivity contribution in [1.82, 2.24) is 10.9 Å². The molecule has 2 aromatic carbocycles. The van der Waals surface area contributed by atoms with Gasteiger partial charge in [0.1, 0.15) is 0 Å². The molecule has 2 aromatic rings. The quantitative estimate of drug-likeness (QED) is 0.482. The van der Waals surface area contributed by atoms with Crippen LogP contribution in [0.4, 0.5) is 5.69 Å². The van der Waals surface area contributed by atoms with Gasteiger partial charge < -0.3 is 5.32 Å². The van der Waals surface area contributed by atoms with E-state index in [-0.39, 0.29) is 17.7 Å². The van der Waals surface area contributed by atoms with E-state index in [1.807, 2.05) is 13.0 Å². The van der Waals surface area contributed by atoms with Gasteiger partial charge in [-0.05, 0) is 84.3 Å². The summed E-state index contributed by atoms with van der Waals surface area (Å²) in [6.07, 6.45) is 1.87. The summed E-state index contributed by atoms with van der Waals surface area (Å²) in [6, 6.07) is 11.8. The fourth-order valence-electron chi connectivity index (χ4n) is 2.29. The predicted molar refractivity (Wildman–Crippen MR) is 107 cm³/mol. The number of halogens is 1. The molecule has 0 heterocycles. The van der Waals surface area contributed by atoms with Crippen LogP contribution in [0.15, 0.2) is 42.5 Å². The molecule has 1 aliphatic rings. The number of aryl methyl sites for hydroxylation is 1. The Kier molecular flexibility index (Phi) is 5.55. The summed E-state index contributed by atoms with van der Waals surface area (Å²) in [5.74, 6) is -0.676. The molecule has 1 aliphatic carbocycles. The highest BCUT2D eigenvalue weighted by atomic mass is 127. The van der Waals surface area contributed by atoms with Crippen LogP contribution in [-0.2, 0) is 4.79 Å². The van der Waals surface area contributed by atoms with Gasteiger partial charge in [0.2, 0.25) is 5.91 Å². The predicted octanol–water partition coefficient (Wildman–Crippen LogP) is 3.02. The van der Waals surface area contributed by atoms with E-state index in [1.54, 1.807) is 36.4 Å². The number of benzene rings is 2. The topological polar surface area (TPSA) is 87.3 Å². The van der Waals surface area contributed by atoms with Gasteiger partial charge in [-0.2, -0.15) is 0 Å². The van der Waals surface area contributed by atoms with Gasteiger partial charge in [-0.25, -0.2) is 0 Å². The summed E-state index contributed by atoms with van der Waals surface area (Å²) in [5.41, 5.74) is 7.38. The first-order chi connectivity index (χ1) is 12.4. The zero-order valence-electron chi connectivity index (χ0n) is 14.1. The van der Waals surface area contributed by atoms with Crippen LogP contribution in [0.3, 0.4) is 0 Å². The van der Waals surface area contributed by atoms with E-state index >= 15 is 0 Å². The van der Waals surface area contributed by atoms with Gasteiger partial charge in [-0.3, -0.25) is 25.2 Å². The molecular formula is C19H18IN3O3. The molecule has 26 heavy (non-hydrogen) atoms. The molecule has 0 radical (unpaired) electrons. The second-order valence-corrected chi connectivity index (χ2v) is 7.38. The van der Waals surface area contributed by atoms with Crippen molar-refractivity contribution in [1.29, 1.82) is 0 Å². The minimum atomic E-state index is -0.430. The number of hydrogen-bond acceptors (Lipinski definition) is 3. The number of carbonyl (C=O) groups excluding carboxylic acids is 3. The Balaban J connectivity index is 1.54. The maximum atomic E-state index is 12.1. The Morgan fingerprint density at radius 1 is 0.923 bits per heavy atom. The fourth-order valence-corrected chi connectivity index (χ4v) is 2.80. The molecule has 0 aliphatic heterocycles. The molecule has 1 saturated carbocycles. The number of anilines is 1. The fraction of sp³-hybridized carbons (Fsp3) is 0.211. The lowest BCUT2D eigenvalue weighted by atomic mass is 10.1. The molecule has 134 valence electrons. The molecule has 0 unspecified atom stereocenters. The van der Waals surface area contributed by atoms with Crippen LogP contribution in [-0.4, -0.2) is 17.7 Å². The molecular weight excluding hydrogens is 445 g/mol. The SMILES string of the molecule is Cc1ccc(C(=O)NNC(=O)c2ccc(NC(=O)C3CC3)cc2)cc1I. The minimum Gasteiger partial charge on any atom is -0.326 e. The second kappa shape index (κ2) is 7.86. The van der Waals surface area contributed by atoms with Crippen molar-refractivity contribution in [3.8, 4) is 0 Å². The summed E-state index contributed by atoms with van der Waals surface area (Å²) < 4.78 is 0.977. The monoisotopic (exact) mass is 463 g/mol. The van der Waals surface area contributed by atoms with E-state index in [2.05, 4.69) is 38.8 Å². The Hall–Kier alpha value is -2.42. The van der Waals surface area contributed by atoms with Gasteiger partial charge in [-0.1, -0.05) is 6.07 Å². The lowest BCUT2D eigenvalue weighted by Crippen LogP contribution is -2.41. The van der Waals surface area contributed by atoms with Crippen LogP contribution in [0.1, 0.15) is 39.1 Å². The normalized spacial score (nSPS) is 13.0. The van der Waals surface area contributed by atoms with Gasteiger partial charge in [0, 0.05) is 26.3 Å². The van der Waals surface area contributed by atoms with Crippen molar-refractivity contribution in [2.75, 3.05) is 5.32 Å². The van der Waals surface area contributed by atoms with Crippen molar-refractivity contribution in [2.24, 2.45) is 5.92 Å². The molecule has 3 amide bonds. The van der Waals surface area contributed by atoms with Crippen LogP contribution in [0.25, 0.3) is 0 Å². The smallest absolute Gasteiger partial charge is 0.269 e. The Labute approximate surface area is 164 Å². The number of amides is 3. The van der Waals surface area contributed by atoms with E-state index in [9.17, 15) is 14.4 Å². The summed E-state index contributed by atoms with van der Waals surface area (Å²) in [7, 11) is 0. The molecule has 0 aromatic heterocycles. The van der Waals surface area contributed by atoms with Crippen molar-refractivity contribution in [2.45, 2.75) is 19.8 Å². The summed E-state index contributed by atoms with van der Waals surface area (Å²) in [6.45, 7) is 1.96. The molecule has 0 spiro atoms. The van der Waals surface area contributed by atoms with Crippen LogP contribution in [0.5, 0.6) is 0 Å². The number of nitrogens with one attached hydrogen (secondary N) is 3. The number of rotatable bonds is 4. The second-order valence-electron chi connectivity index (χ2n) is 6.21.